The lowest BCUT2D eigenvalue weighted by Crippen LogP contribution is -2.61. The van der Waals surface area contributed by atoms with Gasteiger partial charge in [0.15, 0.2) is 11.5 Å². The van der Waals surface area contributed by atoms with Gasteiger partial charge in [0.2, 0.25) is 0 Å². The monoisotopic (exact) mass is 341 g/mol. The third-order valence-corrected chi connectivity index (χ3v) is 6.66. The lowest BCUT2D eigenvalue weighted by atomic mass is 9.52. The summed E-state index contributed by atoms with van der Waals surface area (Å²) in [5, 5.41) is 0. The summed E-state index contributed by atoms with van der Waals surface area (Å²) in [4.78, 5) is 15.0. The molecule has 0 spiro atoms. The maximum absolute atomic E-state index is 12.5. The van der Waals surface area contributed by atoms with Gasteiger partial charge in [-0.2, -0.15) is 0 Å². The van der Waals surface area contributed by atoms with Gasteiger partial charge in [-0.25, -0.2) is 0 Å². The van der Waals surface area contributed by atoms with Crippen LogP contribution in [0.15, 0.2) is 24.8 Å². The summed E-state index contributed by atoms with van der Waals surface area (Å²) in [6.07, 6.45) is 6.37. The van der Waals surface area contributed by atoms with Crippen LogP contribution < -0.4 is 9.47 Å². The standard InChI is InChI=1S/C21H27NO3/c1-4-10-22-11-9-21-13-15(23)6-7-16(21)17(22)12-14-5-8-18(24-2)20(25-3)19(14)21/h4-5,8,16-17H,1,6-7,9-13H2,2-3H3/t16-,17+,21-/m0/s1. The van der Waals surface area contributed by atoms with E-state index >= 15 is 0 Å². The maximum Gasteiger partial charge on any atom is 0.164 e. The van der Waals surface area contributed by atoms with Crippen molar-refractivity contribution in [3.8, 4) is 11.5 Å². The highest BCUT2D eigenvalue weighted by atomic mass is 16.5. The lowest BCUT2D eigenvalue weighted by molar-refractivity contribution is -0.127. The van der Waals surface area contributed by atoms with E-state index in [9.17, 15) is 4.79 Å². The molecule has 4 heteroatoms. The highest BCUT2D eigenvalue weighted by Gasteiger charge is 2.56. The normalized spacial score (nSPS) is 31.0. The van der Waals surface area contributed by atoms with Crippen molar-refractivity contribution in [1.29, 1.82) is 0 Å². The number of nitrogens with zero attached hydrogens (tertiary/aromatic N) is 1. The van der Waals surface area contributed by atoms with E-state index in [4.69, 9.17) is 9.47 Å². The van der Waals surface area contributed by atoms with Crippen LogP contribution in [0.3, 0.4) is 0 Å². The molecule has 2 fully saturated rings. The van der Waals surface area contributed by atoms with Crippen molar-refractivity contribution < 1.29 is 14.3 Å². The molecule has 1 aromatic rings. The molecule has 2 bridgehead atoms. The van der Waals surface area contributed by atoms with Crippen molar-refractivity contribution in [2.45, 2.75) is 43.6 Å². The van der Waals surface area contributed by atoms with Gasteiger partial charge in [-0.15, -0.1) is 6.58 Å². The molecule has 3 aliphatic rings. The number of benzene rings is 1. The molecular formula is C21H27NO3. The molecule has 0 radical (unpaired) electrons. The van der Waals surface area contributed by atoms with E-state index in [1.165, 1.54) is 11.1 Å². The number of piperidine rings is 1. The number of hydrogen-bond donors (Lipinski definition) is 0. The number of carbonyl (C=O) groups excluding carboxylic acids is 1. The SMILES string of the molecule is C=CCN1CC[C@]23CC(=O)CC[C@H]2[C@H]1Cc1ccc(OC)c(OC)c13. The summed E-state index contributed by atoms with van der Waals surface area (Å²) < 4.78 is 11.4. The maximum atomic E-state index is 12.5. The second-order valence-electron chi connectivity index (χ2n) is 7.66. The largest absolute Gasteiger partial charge is 0.493 e. The Kier molecular flexibility index (Phi) is 4.11. The highest BCUT2D eigenvalue weighted by Crippen LogP contribution is 2.58. The molecule has 0 unspecified atom stereocenters. The number of likely N-dealkylation sites (tertiary alicyclic amines) is 1. The van der Waals surface area contributed by atoms with Crippen molar-refractivity contribution >= 4 is 5.78 Å². The molecule has 4 rings (SSSR count). The molecule has 1 saturated heterocycles. The molecule has 0 amide bonds. The zero-order chi connectivity index (χ0) is 17.6. The Morgan fingerprint density at radius 3 is 2.92 bits per heavy atom. The van der Waals surface area contributed by atoms with Crippen LogP contribution in [0.4, 0.5) is 0 Å². The van der Waals surface area contributed by atoms with Crippen LogP contribution in [0.1, 0.15) is 36.8 Å². The minimum Gasteiger partial charge on any atom is -0.493 e. The number of hydrogen-bond acceptors (Lipinski definition) is 4. The number of ketones is 1. The molecule has 4 nitrogen and oxygen atoms in total. The van der Waals surface area contributed by atoms with E-state index in [2.05, 4.69) is 17.5 Å². The summed E-state index contributed by atoms with van der Waals surface area (Å²) >= 11 is 0. The third kappa shape index (κ3) is 2.34. The quantitative estimate of drug-likeness (QED) is 0.789. The third-order valence-electron chi connectivity index (χ3n) is 6.66. The van der Waals surface area contributed by atoms with Crippen LogP contribution in [0.5, 0.6) is 11.5 Å². The fourth-order valence-electron chi connectivity index (χ4n) is 5.73. The van der Waals surface area contributed by atoms with Gasteiger partial charge in [-0.05, 0) is 43.4 Å². The smallest absolute Gasteiger partial charge is 0.164 e. The minimum atomic E-state index is -0.0921. The van der Waals surface area contributed by atoms with Crippen LogP contribution in [-0.2, 0) is 16.6 Å². The van der Waals surface area contributed by atoms with Gasteiger partial charge in [-0.1, -0.05) is 12.1 Å². The summed E-state index contributed by atoms with van der Waals surface area (Å²) in [7, 11) is 3.40. The fourth-order valence-corrected chi connectivity index (χ4v) is 5.73. The molecule has 1 aromatic carbocycles. The van der Waals surface area contributed by atoms with Gasteiger partial charge in [0.05, 0.1) is 14.2 Å². The number of Topliss-reactive ketones (excluding diaryl/α,β-unsaturated/α-hetero) is 1. The molecule has 0 N–H and O–H groups in total. The highest BCUT2D eigenvalue weighted by molar-refractivity contribution is 5.82. The van der Waals surface area contributed by atoms with Gasteiger partial charge in [-0.3, -0.25) is 9.69 Å². The Bertz CT molecular complexity index is 713. The Morgan fingerprint density at radius 2 is 2.20 bits per heavy atom. The summed E-state index contributed by atoms with van der Waals surface area (Å²) in [5.41, 5.74) is 2.48. The van der Waals surface area contributed by atoms with E-state index in [1.807, 2.05) is 12.1 Å². The topological polar surface area (TPSA) is 38.8 Å². The first-order valence-corrected chi connectivity index (χ1v) is 9.25. The van der Waals surface area contributed by atoms with Gasteiger partial charge in [0, 0.05) is 36.4 Å². The van der Waals surface area contributed by atoms with E-state index in [-0.39, 0.29) is 5.41 Å². The first kappa shape index (κ1) is 16.6. The molecule has 1 heterocycles. The molecule has 1 aliphatic heterocycles. The van der Waals surface area contributed by atoms with Crippen LogP contribution in [0, 0.1) is 5.92 Å². The van der Waals surface area contributed by atoms with Crippen LogP contribution in [0.2, 0.25) is 0 Å². The second-order valence-corrected chi connectivity index (χ2v) is 7.66. The second kappa shape index (κ2) is 6.17. The molecule has 1 saturated carbocycles. The number of carbonyl (C=O) groups is 1. The van der Waals surface area contributed by atoms with Crippen molar-refractivity contribution in [2.75, 3.05) is 27.3 Å². The average molecular weight is 341 g/mol. The predicted octanol–water partition coefficient (Wildman–Crippen LogP) is 3.13. The number of ether oxygens (including phenoxy) is 2. The van der Waals surface area contributed by atoms with Crippen molar-refractivity contribution in [3.05, 3.63) is 35.9 Å². The van der Waals surface area contributed by atoms with Crippen LogP contribution >= 0.6 is 0 Å². The number of fused-ring (bicyclic) bond motifs is 1. The van der Waals surface area contributed by atoms with E-state index < -0.39 is 0 Å². The minimum absolute atomic E-state index is 0.0921. The van der Waals surface area contributed by atoms with Gasteiger partial charge in [0.1, 0.15) is 5.78 Å². The number of methoxy groups -OCH3 is 2. The van der Waals surface area contributed by atoms with Crippen molar-refractivity contribution in [3.63, 3.8) is 0 Å². The van der Waals surface area contributed by atoms with E-state index in [0.29, 0.717) is 30.6 Å². The van der Waals surface area contributed by atoms with Gasteiger partial charge in [0.25, 0.3) is 0 Å². The molecule has 2 aliphatic carbocycles. The molecule has 134 valence electrons. The Labute approximate surface area is 149 Å². The molecule has 3 atom stereocenters. The zero-order valence-corrected chi connectivity index (χ0v) is 15.2. The fraction of sp³-hybridized carbons (Fsp3) is 0.571. The first-order valence-electron chi connectivity index (χ1n) is 9.25. The summed E-state index contributed by atoms with van der Waals surface area (Å²) in [6, 6.07) is 4.68. The summed E-state index contributed by atoms with van der Waals surface area (Å²) in [5.74, 6) is 2.52. The van der Waals surface area contributed by atoms with Crippen LogP contribution in [-0.4, -0.2) is 44.0 Å². The first-order chi connectivity index (χ1) is 12.1. The Balaban J connectivity index is 1.91. The van der Waals surface area contributed by atoms with E-state index in [0.717, 1.165) is 43.9 Å². The molecule has 25 heavy (non-hydrogen) atoms. The zero-order valence-electron chi connectivity index (χ0n) is 15.2. The van der Waals surface area contributed by atoms with Crippen molar-refractivity contribution in [1.82, 2.24) is 4.90 Å². The predicted molar refractivity (Wildman–Crippen MR) is 97.5 cm³/mol. The average Bonchev–Trinajstić information content (AvgIpc) is 2.62. The molecular weight excluding hydrogens is 314 g/mol. The van der Waals surface area contributed by atoms with Crippen LogP contribution in [0.25, 0.3) is 0 Å². The van der Waals surface area contributed by atoms with Gasteiger partial charge < -0.3 is 9.47 Å². The Morgan fingerprint density at radius 1 is 1.36 bits per heavy atom. The lowest BCUT2D eigenvalue weighted by Gasteiger charge is -2.58. The number of rotatable bonds is 4. The van der Waals surface area contributed by atoms with Gasteiger partial charge >= 0.3 is 0 Å². The summed E-state index contributed by atoms with van der Waals surface area (Å²) in [6.45, 7) is 5.88. The van der Waals surface area contributed by atoms with Crippen molar-refractivity contribution in [2.24, 2.45) is 5.92 Å². The Hall–Kier alpha value is -1.81. The van der Waals surface area contributed by atoms with E-state index in [1.54, 1.807) is 14.2 Å². The molecule has 0 aromatic heterocycles.